The highest BCUT2D eigenvalue weighted by Crippen LogP contribution is 2.21. The Hall–Kier alpha value is -2.15. The molecule has 8 heteroatoms. The predicted molar refractivity (Wildman–Crippen MR) is 82.6 cm³/mol. The predicted octanol–water partition coefficient (Wildman–Crippen LogP) is 2.42. The number of piperidine rings is 1. The van der Waals surface area contributed by atoms with Gasteiger partial charge in [0.05, 0.1) is 29.7 Å². The van der Waals surface area contributed by atoms with E-state index in [0.29, 0.717) is 35.1 Å². The molecule has 1 aliphatic heterocycles. The van der Waals surface area contributed by atoms with E-state index in [1.165, 1.54) is 12.4 Å². The first-order chi connectivity index (χ1) is 11.0. The molecule has 1 atom stereocenters. The molecule has 0 aromatic carbocycles. The number of aryl methyl sites for hydroxylation is 2. The molecule has 0 aliphatic carbocycles. The molecular weight excluding hydrogens is 320 g/mol. The van der Waals surface area contributed by atoms with Crippen LogP contribution in [0.2, 0.25) is 5.02 Å². The number of ether oxygens (including phenoxy) is 1. The van der Waals surface area contributed by atoms with E-state index in [0.717, 1.165) is 12.8 Å². The molecule has 0 bridgehead atoms. The van der Waals surface area contributed by atoms with Crippen LogP contribution in [-0.2, 0) is 0 Å². The number of amides is 1. The van der Waals surface area contributed by atoms with Crippen molar-refractivity contribution in [3.05, 3.63) is 34.4 Å². The van der Waals surface area contributed by atoms with Gasteiger partial charge in [0.2, 0.25) is 0 Å². The lowest BCUT2D eigenvalue weighted by Gasteiger charge is -2.32. The van der Waals surface area contributed by atoms with Crippen molar-refractivity contribution in [3.8, 4) is 6.01 Å². The fraction of sp³-hybridized carbons (Fsp3) is 0.467. The van der Waals surface area contributed by atoms with Gasteiger partial charge in [-0.25, -0.2) is 9.97 Å². The topological polar surface area (TPSA) is 81.4 Å². The first-order valence-electron chi connectivity index (χ1n) is 7.41. The summed E-state index contributed by atoms with van der Waals surface area (Å²) in [7, 11) is 0. The van der Waals surface area contributed by atoms with Gasteiger partial charge in [-0.1, -0.05) is 16.8 Å². The third kappa shape index (κ3) is 3.44. The average molecular weight is 337 g/mol. The summed E-state index contributed by atoms with van der Waals surface area (Å²) >= 11 is 5.76. The van der Waals surface area contributed by atoms with E-state index in [2.05, 4.69) is 15.1 Å². The minimum atomic E-state index is -0.144. The van der Waals surface area contributed by atoms with Gasteiger partial charge < -0.3 is 14.2 Å². The third-order valence-electron chi connectivity index (χ3n) is 3.78. The molecular formula is C15H17ClN4O3. The second-order valence-electron chi connectivity index (χ2n) is 5.52. The summed E-state index contributed by atoms with van der Waals surface area (Å²) in [5.41, 5.74) is 1.14. The number of hydrogen-bond donors (Lipinski definition) is 0. The van der Waals surface area contributed by atoms with Gasteiger partial charge in [-0.3, -0.25) is 4.79 Å². The molecule has 0 unspecified atom stereocenters. The lowest BCUT2D eigenvalue weighted by molar-refractivity contribution is 0.0513. The molecule has 1 amide bonds. The molecule has 0 saturated carbocycles. The SMILES string of the molecule is Cc1noc(C)c1C(=O)N1CCC[C@H](Oc2ncc(Cl)cn2)C1. The van der Waals surface area contributed by atoms with Crippen LogP contribution in [0.4, 0.5) is 0 Å². The maximum atomic E-state index is 12.7. The Labute approximate surface area is 138 Å². The maximum absolute atomic E-state index is 12.7. The quantitative estimate of drug-likeness (QED) is 0.856. The Morgan fingerprint density at radius 1 is 1.39 bits per heavy atom. The Morgan fingerprint density at radius 3 is 2.78 bits per heavy atom. The van der Waals surface area contributed by atoms with E-state index < -0.39 is 0 Å². The first kappa shape index (κ1) is 15.7. The van der Waals surface area contributed by atoms with Gasteiger partial charge in [0, 0.05) is 6.54 Å². The van der Waals surface area contributed by atoms with Crippen LogP contribution in [0.5, 0.6) is 6.01 Å². The van der Waals surface area contributed by atoms with Gasteiger partial charge in [0.1, 0.15) is 17.4 Å². The molecule has 1 aliphatic rings. The first-order valence-corrected chi connectivity index (χ1v) is 7.78. The van der Waals surface area contributed by atoms with Crippen molar-refractivity contribution in [2.75, 3.05) is 13.1 Å². The van der Waals surface area contributed by atoms with Gasteiger partial charge in [-0.15, -0.1) is 0 Å². The van der Waals surface area contributed by atoms with Crippen molar-refractivity contribution in [2.45, 2.75) is 32.8 Å². The highest BCUT2D eigenvalue weighted by atomic mass is 35.5. The fourth-order valence-corrected chi connectivity index (χ4v) is 2.77. The van der Waals surface area contributed by atoms with Crippen LogP contribution in [0, 0.1) is 13.8 Å². The maximum Gasteiger partial charge on any atom is 0.316 e. The van der Waals surface area contributed by atoms with Crippen LogP contribution < -0.4 is 4.74 Å². The summed E-state index contributed by atoms with van der Waals surface area (Å²) in [6.07, 6.45) is 4.53. The zero-order valence-electron chi connectivity index (χ0n) is 13.0. The van der Waals surface area contributed by atoms with Crippen LogP contribution in [0.15, 0.2) is 16.9 Å². The summed E-state index contributed by atoms with van der Waals surface area (Å²) in [4.78, 5) is 22.5. The number of likely N-dealkylation sites (tertiary alicyclic amines) is 1. The molecule has 0 N–H and O–H groups in total. The van der Waals surface area contributed by atoms with Crippen LogP contribution in [0.3, 0.4) is 0 Å². The number of rotatable bonds is 3. The summed E-state index contributed by atoms with van der Waals surface area (Å²) < 4.78 is 10.8. The van der Waals surface area contributed by atoms with Crippen molar-refractivity contribution >= 4 is 17.5 Å². The zero-order valence-corrected chi connectivity index (χ0v) is 13.7. The Morgan fingerprint density at radius 2 is 2.13 bits per heavy atom. The summed E-state index contributed by atoms with van der Waals surface area (Å²) in [5.74, 6) is 0.461. The third-order valence-corrected chi connectivity index (χ3v) is 3.98. The van der Waals surface area contributed by atoms with E-state index in [-0.39, 0.29) is 18.0 Å². The molecule has 1 fully saturated rings. The zero-order chi connectivity index (χ0) is 16.4. The summed E-state index contributed by atoms with van der Waals surface area (Å²) in [6, 6.07) is 0.269. The molecule has 23 heavy (non-hydrogen) atoms. The van der Waals surface area contributed by atoms with Crippen LogP contribution in [-0.4, -0.2) is 45.1 Å². The van der Waals surface area contributed by atoms with Crippen molar-refractivity contribution in [3.63, 3.8) is 0 Å². The number of carbonyl (C=O) groups is 1. The van der Waals surface area contributed by atoms with Crippen molar-refractivity contribution in [1.82, 2.24) is 20.0 Å². The molecule has 3 heterocycles. The monoisotopic (exact) mass is 336 g/mol. The molecule has 0 radical (unpaired) electrons. The normalized spacial score (nSPS) is 18.0. The molecule has 2 aromatic heterocycles. The van der Waals surface area contributed by atoms with E-state index in [1.54, 1.807) is 18.7 Å². The number of hydrogen-bond acceptors (Lipinski definition) is 6. The molecule has 3 rings (SSSR count). The lowest BCUT2D eigenvalue weighted by Crippen LogP contribution is -2.44. The van der Waals surface area contributed by atoms with E-state index in [9.17, 15) is 4.79 Å². The second kappa shape index (κ2) is 6.54. The van der Waals surface area contributed by atoms with Gasteiger partial charge in [0.15, 0.2) is 0 Å². The number of aromatic nitrogens is 3. The Bertz CT molecular complexity index is 682. The van der Waals surface area contributed by atoms with E-state index in [1.807, 2.05) is 0 Å². The number of halogens is 1. The fourth-order valence-electron chi connectivity index (χ4n) is 2.68. The standard InChI is InChI=1S/C15H17ClN4O3/c1-9-13(10(2)23-19-9)14(21)20-5-3-4-12(8-20)22-15-17-6-11(16)7-18-15/h6-7,12H,3-5,8H2,1-2H3/t12-/m0/s1. The van der Waals surface area contributed by atoms with Crippen molar-refractivity contribution < 1.29 is 14.1 Å². The van der Waals surface area contributed by atoms with Crippen molar-refractivity contribution in [1.29, 1.82) is 0 Å². The number of nitrogens with zero attached hydrogens (tertiary/aromatic N) is 4. The molecule has 0 spiro atoms. The Kier molecular flexibility index (Phi) is 4.47. The van der Waals surface area contributed by atoms with Gasteiger partial charge >= 0.3 is 6.01 Å². The minimum absolute atomic E-state index is 0.0772. The minimum Gasteiger partial charge on any atom is -0.458 e. The highest BCUT2D eigenvalue weighted by molar-refractivity contribution is 6.30. The Balaban J connectivity index is 1.68. The molecule has 122 valence electrons. The van der Waals surface area contributed by atoms with E-state index >= 15 is 0 Å². The van der Waals surface area contributed by atoms with E-state index in [4.69, 9.17) is 20.9 Å². The highest BCUT2D eigenvalue weighted by Gasteiger charge is 2.29. The molecule has 7 nitrogen and oxygen atoms in total. The average Bonchev–Trinajstić information content (AvgIpc) is 2.88. The van der Waals surface area contributed by atoms with Crippen molar-refractivity contribution in [2.24, 2.45) is 0 Å². The number of carbonyl (C=O) groups excluding carboxylic acids is 1. The van der Waals surface area contributed by atoms with Gasteiger partial charge in [0.25, 0.3) is 5.91 Å². The summed E-state index contributed by atoms with van der Waals surface area (Å²) in [5, 5.41) is 4.30. The van der Waals surface area contributed by atoms with Crippen LogP contribution in [0.1, 0.15) is 34.7 Å². The largest absolute Gasteiger partial charge is 0.458 e. The van der Waals surface area contributed by atoms with Gasteiger partial charge in [-0.2, -0.15) is 0 Å². The second-order valence-corrected chi connectivity index (χ2v) is 5.95. The van der Waals surface area contributed by atoms with Gasteiger partial charge in [-0.05, 0) is 26.7 Å². The van der Waals surface area contributed by atoms with Crippen LogP contribution >= 0.6 is 11.6 Å². The lowest BCUT2D eigenvalue weighted by atomic mass is 10.1. The molecule has 1 saturated heterocycles. The molecule has 2 aromatic rings. The smallest absolute Gasteiger partial charge is 0.316 e. The van der Waals surface area contributed by atoms with Crippen LogP contribution in [0.25, 0.3) is 0 Å². The summed E-state index contributed by atoms with van der Waals surface area (Å²) in [6.45, 7) is 4.68.